The predicted octanol–water partition coefficient (Wildman–Crippen LogP) is -4.78. The van der Waals surface area contributed by atoms with Gasteiger partial charge in [-0.1, -0.05) is 13.8 Å². The largest absolute Gasteiger partial charge is 0.394 e. The highest BCUT2D eigenvalue weighted by atomic mass is 16.5. The molecule has 0 heterocycles. The second-order valence-electron chi connectivity index (χ2n) is 8.15. The molecule has 0 saturated carbocycles. The first-order valence-electron chi connectivity index (χ1n) is 10.4. The highest BCUT2D eigenvalue weighted by molar-refractivity contribution is 4.86. The van der Waals surface area contributed by atoms with Crippen molar-refractivity contribution in [3.63, 3.8) is 0 Å². The van der Waals surface area contributed by atoms with E-state index >= 15 is 0 Å². The van der Waals surface area contributed by atoms with Crippen molar-refractivity contribution in [1.29, 1.82) is 0 Å². The Labute approximate surface area is 182 Å². The molecule has 0 aromatic heterocycles. The third-order valence-corrected chi connectivity index (χ3v) is 4.93. The van der Waals surface area contributed by atoms with Gasteiger partial charge in [0.15, 0.2) is 0 Å². The number of aliphatic hydroxyl groups excluding tert-OH is 10. The highest BCUT2D eigenvalue weighted by Crippen LogP contribution is 2.11. The number of hydrogen-bond acceptors (Lipinski definition) is 12. The van der Waals surface area contributed by atoms with Gasteiger partial charge in [-0.05, 0) is 12.3 Å². The molecule has 10 N–H and O–H groups in total. The molecule has 8 atom stereocenters. The van der Waals surface area contributed by atoms with E-state index in [1.165, 1.54) is 4.90 Å². The van der Waals surface area contributed by atoms with Gasteiger partial charge in [0.05, 0.1) is 32.0 Å². The fraction of sp³-hybridized carbons (Fsp3) is 1.00. The fourth-order valence-electron chi connectivity index (χ4n) is 2.74. The summed E-state index contributed by atoms with van der Waals surface area (Å²) in [6.45, 7) is 2.59. The van der Waals surface area contributed by atoms with E-state index in [1.54, 1.807) is 0 Å². The molecule has 0 saturated heterocycles. The minimum atomic E-state index is -1.82. The average molecular weight is 460 g/mol. The van der Waals surface area contributed by atoms with Crippen LogP contribution in [0.3, 0.4) is 0 Å². The lowest BCUT2D eigenvalue weighted by molar-refractivity contribution is -0.131. The molecular weight excluding hydrogens is 418 g/mol. The summed E-state index contributed by atoms with van der Waals surface area (Å²) in [6, 6.07) is 0. The molecule has 0 aliphatic heterocycles. The fourth-order valence-corrected chi connectivity index (χ4v) is 2.74. The van der Waals surface area contributed by atoms with E-state index in [9.17, 15) is 40.9 Å². The molecule has 0 aliphatic rings. The van der Waals surface area contributed by atoms with Crippen LogP contribution in [0.2, 0.25) is 0 Å². The SMILES string of the molecule is CC(C)CCOCCN(CC(O)C(O)C(O)C(O)CO)CC(O)C(O)C(O)C(O)CO. The number of nitrogens with zero attached hydrogens (tertiary/aromatic N) is 1. The van der Waals surface area contributed by atoms with Crippen molar-refractivity contribution in [3.8, 4) is 0 Å². The summed E-state index contributed by atoms with van der Waals surface area (Å²) in [4.78, 5) is 1.40. The maximum Gasteiger partial charge on any atom is 0.111 e. The lowest BCUT2D eigenvalue weighted by Gasteiger charge is -2.33. The van der Waals surface area contributed by atoms with Crippen molar-refractivity contribution in [3.05, 3.63) is 0 Å². The minimum Gasteiger partial charge on any atom is -0.394 e. The molecular formula is C19H41NO11. The summed E-state index contributed by atoms with van der Waals surface area (Å²) in [5.74, 6) is 0.434. The van der Waals surface area contributed by atoms with Crippen LogP contribution in [-0.2, 0) is 4.74 Å². The summed E-state index contributed by atoms with van der Waals surface area (Å²) < 4.78 is 5.49. The monoisotopic (exact) mass is 459 g/mol. The standard InChI is InChI=1S/C19H41NO11/c1-11(2)3-5-31-6-4-20(7-12(23)16(27)18(29)14(25)9-21)8-13(24)17(28)19(30)15(26)10-22/h11-19,21-30H,3-10H2,1-2H3. The first-order chi connectivity index (χ1) is 14.5. The Kier molecular flexibility index (Phi) is 15.9. The summed E-state index contributed by atoms with van der Waals surface area (Å²) in [5.41, 5.74) is 0. The van der Waals surface area contributed by atoms with Gasteiger partial charge in [0.2, 0.25) is 0 Å². The van der Waals surface area contributed by atoms with E-state index in [2.05, 4.69) is 0 Å². The number of ether oxygens (including phenoxy) is 1. The molecule has 0 aromatic carbocycles. The molecule has 12 heteroatoms. The van der Waals surface area contributed by atoms with Gasteiger partial charge in [-0.25, -0.2) is 0 Å². The second-order valence-corrected chi connectivity index (χ2v) is 8.15. The Morgan fingerprint density at radius 1 is 0.613 bits per heavy atom. The Balaban J connectivity index is 5.01. The Morgan fingerprint density at radius 2 is 1.00 bits per heavy atom. The minimum absolute atomic E-state index is 0.142. The first kappa shape index (κ1) is 30.5. The van der Waals surface area contributed by atoms with Crippen molar-refractivity contribution in [2.24, 2.45) is 5.92 Å². The molecule has 0 aromatic rings. The van der Waals surface area contributed by atoms with Crippen LogP contribution in [0.1, 0.15) is 20.3 Å². The molecule has 0 fully saturated rings. The van der Waals surface area contributed by atoms with Crippen LogP contribution < -0.4 is 0 Å². The van der Waals surface area contributed by atoms with Crippen molar-refractivity contribution in [1.82, 2.24) is 4.90 Å². The Hall–Kier alpha value is -0.480. The summed E-state index contributed by atoms with van der Waals surface area (Å²) in [7, 11) is 0. The molecule has 0 radical (unpaired) electrons. The zero-order valence-electron chi connectivity index (χ0n) is 18.2. The van der Waals surface area contributed by atoms with Crippen LogP contribution in [0.5, 0.6) is 0 Å². The van der Waals surface area contributed by atoms with Gasteiger partial charge in [0.1, 0.15) is 36.6 Å². The molecule has 0 amide bonds. The maximum absolute atomic E-state index is 10.2. The molecule has 0 spiro atoms. The average Bonchev–Trinajstić information content (AvgIpc) is 2.74. The van der Waals surface area contributed by atoms with Crippen LogP contribution in [0.4, 0.5) is 0 Å². The van der Waals surface area contributed by atoms with Crippen LogP contribution in [0.15, 0.2) is 0 Å². The van der Waals surface area contributed by atoms with E-state index < -0.39 is 62.0 Å². The van der Waals surface area contributed by atoms with E-state index in [0.29, 0.717) is 12.5 Å². The lowest BCUT2D eigenvalue weighted by Crippen LogP contribution is -2.53. The van der Waals surface area contributed by atoms with Crippen molar-refractivity contribution in [2.75, 3.05) is 46.1 Å². The van der Waals surface area contributed by atoms with E-state index in [-0.39, 0.29) is 26.2 Å². The van der Waals surface area contributed by atoms with Gasteiger partial charge in [0, 0.05) is 26.2 Å². The van der Waals surface area contributed by atoms with E-state index in [0.717, 1.165) is 6.42 Å². The van der Waals surface area contributed by atoms with Gasteiger partial charge in [-0.2, -0.15) is 0 Å². The smallest absolute Gasteiger partial charge is 0.111 e. The van der Waals surface area contributed by atoms with Gasteiger partial charge in [0.25, 0.3) is 0 Å². The van der Waals surface area contributed by atoms with Crippen LogP contribution in [-0.4, -0.2) is 151 Å². The molecule has 0 aliphatic carbocycles. The van der Waals surface area contributed by atoms with E-state index in [1.807, 2.05) is 13.8 Å². The number of rotatable bonds is 18. The van der Waals surface area contributed by atoms with E-state index in [4.69, 9.17) is 14.9 Å². The Bertz CT molecular complexity index is 415. The van der Waals surface area contributed by atoms with Crippen molar-refractivity contribution in [2.45, 2.75) is 69.1 Å². The number of aliphatic hydroxyl groups is 10. The van der Waals surface area contributed by atoms with Crippen LogP contribution >= 0.6 is 0 Å². The first-order valence-corrected chi connectivity index (χ1v) is 10.4. The summed E-state index contributed by atoms with van der Waals surface area (Å²) >= 11 is 0. The van der Waals surface area contributed by atoms with Gasteiger partial charge in [-0.15, -0.1) is 0 Å². The van der Waals surface area contributed by atoms with Crippen molar-refractivity contribution < 1.29 is 55.8 Å². The predicted molar refractivity (Wildman–Crippen MR) is 109 cm³/mol. The lowest BCUT2D eigenvalue weighted by atomic mass is 10.0. The summed E-state index contributed by atoms with van der Waals surface area (Å²) in [6.07, 6.45) is -13.0. The second kappa shape index (κ2) is 16.2. The zero-order chi connectivity index (χ0) is 24.1. The highest BCUT2D eigenvalue weighted by Gasteiger charge is 2.34. The normalized spacial score (nSPS) is 20.3. The van der Waals surface area contributed by atoms with Gasteiger partial charge < -0.3 is 55.8 Å². The molecule has 0 bridgehead atoms. The zero-order valence-corrected chi connectivity index (χ0v) is 18.2. The topological polar surface area (TPSA) is 215 Å². The van der Waals surface area contributed by atoms with Crippen LogP contribution in [0.25, 0.3) is 0 Å². The molecule has 12 nitrogen and oxygen atoms in total. The maximum atomic E-state index is 10.2. The number of hydrogen-bond donors (Lipinski definition) is 10. The third kappa shape index (κ3) is 11.8. The quantitative estimate of drug-likeness (QED) is 0.0874. The molecule has 8 unspecified atom stereocenters. The van der Waals surface area contributed by atoms with Crippen LogP contribution in [0, 0.1) is 5.92 Å². The summed E-state index contributed by atoms with van der Waals surface area (Å²) in [5, 5.41) is 96.6. The van der Waals surface area contributed by atoms with Crippen molar-refractivity contribution >= 4 is 0 Å². The molecule has 0 rings (SSSR count). The molecule has 31 heavy (non-hydrogen) atoms. The third-order valence-electron chi connectivity index (χ3n) is 4.93. The van der Waals surface area contributed by atoms with Gasteiger partial charge >= 0.3 is 0 Å². The molecule has 188 valence electrons. The Morgan fingerprint density at radius 3 is 1.35 bits per heavy atom. The van der Waals surface area contributed by atoms with Gasteiger partial charge in [-0.3, -0.25) is 4.90 Å².